The van der Waals surface area contributed by atoms with Crippen molar-refractivity contribution < 1.29 is 0 Å². The van der Waals surface area contributed by atoms with Gasteiger partial charge in [0.2, 0.25) is 0 Å². The molecule has 0 aliphatic heterocycles. The Morgan fingerprint density at radius 1 is 1.56 bits per heavy atom. The molecule has 0 saturated carbocycles. The van der Waals surface area contributed by atoms with Gasteiger partial charge in [-0.3, -0.25) is 4.90 Å². The molecule has 92 valence electrons. The standard InChI is InChI=1S/C12H23N3S/c1-4-5-6-11(13)7-15(3)8-12-10(2)14-9-16-12/h9,11H,4-8,13H2,1-3H3. The molecule has 0 spiro atoms. The van der Waals surface area contributed by atoms with Crippen LogP contribution in [0.4, 0.5) is 0 Å². The van der Waals surface area contributed by atoms with Crippen molar-refractivity contribution in [2.24, 2.45) is 5.73 Å². The Morgan fingerprint density at radius 3 is 2.88 bits per heavy atom. The lowest BCUT2D eigenvalue weighted by Crippen LogP contribution is -2.34. The molecule has 0 bridgehead atoms. The molecule has 1 unspecified atom stereocenters. The number of aromatic nitrogens is 1. The van der Waals surface area contributed by atoms with E-state index >= 15 is 0 Å². The maximum Gasteiger partial charge on any atom is 0.0798 e. The van der Waals surface area contributed by atoms with E-state index in [0.717, 1.165) is 25.2 Å². The van der Waals surface area contributed by atoms with Gasteiger partial charge in [0.1, 0.15) is 0 Å². The maximum absolute atomic E-state index is 6.07. The van der Waals surface area contributed by atoms with Crippen LogP contribution in [0.1, 0.15) is 36.8 Å². The third-order valence-electron chi connectivity index (χ3n) is 2.73. The highest BCUT2D eigenvalue weighted by molar-refractivity contribution is 7.09. The van der Waals surface area contributed by atoms with Crippen molar-refractivity contribution in [2.75, 3.05) is 13.6 Å². The molecule has 0 fully saturated rings. The van der Waals surface area contributed by atoms with E-state index in [0.29, 0.717) is 6.04 Å². The highest BCUT2D eigenvalue weighted by atomic mass is 32.1. The van der Waals surface area contributed by atoms with Gasteiger partial charge in [0.15, 0.2) is 0 Å². The van der Waals surface area contributed by atoms with Gasteiger partial charge < -0.3 is 5.73 Å². The van der Waals surface area contributed by atoms with Gasteiger partial charge in [-0.25, -0.2) is 4.98 Å². The number of nitrogens with two attached hydrogens (primary N) is 1. The van der Waals surface area contributed by atoms with Crippen LogP contribution >= 0.6 is 11.3 Å². The molecule has 0 amide bonds. The molecular formula is C12H23N3S. The molecule has 1 aromatic heterocycles. The van der Waals surface area contributed by atoms with E-state index < -0.39 is 0 Å². The second kappa shape index (κ2) is 6.99. The van der Waals surface area contributed by atoms with Crippen LogP contribution < -0.4 is 5.73 Å². The van der Waals surface area contributed by atoms with Crippen LogP contribution in [0.2, 0.25) is 0 Å². The highest BCUT2D eigenvalue weighted by Gasteiger charge is 2.09. The van der Waals surface area contributed by atoms with Crippen molar-refractivity contribution >= 4 is 11.3 Å². The molecule has 1 rings (SSSR count). The monoisotopic (exact) mass is 241 g/mol. The highest BCUT2D eigenvalue weighted by Crippen LogP contribution is 2.14. The molecule has 1 atom stereocenters. The third-order valence-corrected chi connectivity index (χ3v) is 3.65. The summed E-state index contributed by atoms with van der Waals surface area (Å²) in [6.45, 7) is 6.21. The van der Waals surface area contributed by atoms with Gasteiger partial charge >= 0.3 is 0 Å². The molecule has 2 N–H and O–H groups in total. The van der Waals surface area contributed by atoms with Gasteiger partial charge in [0, 0.05) is 24.0 Å². The lowest BCUT2D eigenvalue weighted by Gasteiger charge is -2.20. The average molecular weight is 241 g/mol. The number of rotatable bonds is 7. The zero-order valence-corrected chi connectivity index (χ0v) is 11.4. The van der Waals surface area contributed by atoms with E-state index in [9.17, 15) is 0 Å². The van der Waals surface area contributed by atoms with Crippen molar-refractivity contribution in [3.8, 4) is 0 Å². The molecule has 16 heavy (non-hydrogen) atoms. The van der Waals surface area contributed by atoms with E-state index in [2.05, 4.69) is 30.8 Å². The fourth-order valence-electron chi connectivity index (χ4n) is 1.75. The van der Waals surface area contributed by atoms with Gasteiger partial charge in [-0.2, -0.15) is 0 Å². The first-order valence-corrected chi connectivity index (χ1v) is 6.84. The minimum atomic E-state index is 0.304. The van der Waals surface area contributed by atoms with Crippen molar-refractivity contribution in [1.29, 1.82) is 0 Å². The van der Waals surface area contributed by atoms with Crippen molar-refractivity contribution in [3.63, 3.8) is 0 Å². The van der Waals surface area contributed by atoms with E-state index in [-0.39, 0.29) is 0 Å². The Morgan fingerprint density at radius 2 is 2.31 bits per heavy atom. The summed E-state index contributed by atoms with van der Waals surface area (Å²) in [4.78, 5) is 7.90. The molecule has 0 aliphatic carbocycles. The van der Waals surface area contributed by atoms with Gasteiger partial charge in [-0.15, -0.1) is 11.3 Å². The SMILES string of the molecule is CCCCC(N)CN(C)Cc1scnc1C. The van der Waals surface area contributed by atoms with E-state index in [1.807, 2.05) is 5.51 Å². The van der Waals surface area contributed by atoms with Gasteiger partial charge in [-0.05, 0) is 20.4 Å². The molecule has 0 saturated heterocycles. The lowest BCUT2D eigenvalue weighted by molar-refractivity contribution is 0.297. The summed E-state index contributed by atoms with van der Waals surface area (Å²) in [6.07, 6.45) is 3.59. The first-order valence-electron chi connectivity index (χ1n) is 5.96. The van der Waals surface area contributed by atoms with Crippen molar-refractivity contribution in [3.05, 3.63) is 16.1 Å². The van der Waals surface area contributed by atoms with Crippen LogP contribution in [0.25, 0.3) is 0 Å². The molecule has 1 heterocycles. The van der Waals surface area contributed by atoms with Crippen LogP contribution in [0.5, 0.6) is 0 Å². The number of hydrogen-bond acceptors (Lipinski definition) is 4. The van der Waals surface area contributed by atoms with E-state index in [1.54, 1.807) is 11.3 Å². The zero-order valence-electron chi connectivity index (χ0n) is 10.6. The minimum absolute atomic E-state index is 0.304. The fraction of sp³-hybridized carbons (Fsp3) is 0.750. The smallest absolute Gasteiger partial charge is 0.0798 e. The number of thiazole rings is 1. The average Bonchev–Trinajstić information content (AvgIpc) is 2.61. The summed E-state index contributed by atoms with van der Waals surface area (Å²) < 4.78 is 0. The minimum Gasteiger partial charge on any atom is -0.327 e. The third kappa shape index (κ3) is 4.60. The molecule has 0 aliphatic rings. The predicted octanol–water partition coefficient (Wildman–Crippen LogP) is 2.40. The normalized spacial score (nSPS) is 13.3. The molecule has 0 aromatic carbocycles. The summed E-state index contributed by atoms with van der Waals surface area (Å²) in [7, 11) is 2.13. The van der Waals surface area contributed by atoms with Gasteiger partial charge in [-0.1, -0.05) is 19.8 Å². The number of hydrogen-bond donors (Lipinski definition) is 1. The summed E-state index contributed by atoms with van der Waals surface area (Å²) in [5, 5.41) is 0. The van der Waals surface area contributed by atoms with Crippen LogP contribution in [0.15, 0.2) is 5.51 Å². The summed E-state index contributed by atoms with van der Waals surface area (Å²) >= 11 is 1.73. The van der Waals surface area contributed by atoms with Crippen molar-refractivity contribution in [2.45, 2.75) is 45.7 Å². The second-order valence-corrected chi connectivity index (χ2v) is 5.40. The molecule has 3 nitrogen and oxygen atoms in total. The predicted molar refractivity (Wildman–Crippen MR) is 70.7 cm³/mol. The Bertz CT molecular complexity index is 298. The Balaban J connectivity index is 2.30. The Hall–Kier alpha value is -0.450. The van der Waals surface area contributed by atoms with Crippen molar-refractivity contribution in [1.82, 2.24) is 9.88 Å². The molecule has 1 aromatic rings. The topological polar surface area (TPSA) is 42.1 Å². The first-order chi connectivity index (χ1) is 7.63. The fourth-order valence-corrected chi connectivity index (χ4v) is 2.60. The quantitative estimate of drug-likeness (QED) is 0.797. The Labute approximate surface area is 103 Å². The first kappa shape index (κ1) is 13.6. The number of aryl methyl sites for hydroxylation is 1. The van der Waals surface area contributed by atoms with Gasteiger partial charge in [0.05, 0.1) is 11.2 Å². The summed E-state index contributed by atoms with van der Waals surface area (Å²) in [5.41, 5.74) is 9.14. The van der Waals surface area contributed by atoms with Crippen LogP contribution in [-0.2, 0) is 6.54 Å². The lowest BCUT2D eigenvalue weighted by atomic mass is 10.1. The molecule has 0 radical (unpaired) electrons. The maximum atomic E-state index is 6.07. The van der Waals surface area contributed by atoms with Crippen LogP contribution in [0.3, 0.4) is 0 Å². The van der Waals surface area contributed by atoms with E-state index in [4.69, 9.17) is 5.73 Å². The Kier molecular flexibility index (Phi) is 5.95. The van der Waals surface area contributed by atoms with Gasteiger partial charge in [0.25, 0.3) is 0 Å². The van der Waals surface area contributed by atoms with Crippen LogP contribution in [0, 0.1) is 6.92 Å². The second-order valence-electron chi connectivity index (χ2n) is 4.46. The number of nitrogens with zero attached hydrogens (tertiary/aromatic N) is 2. The summed E-state index contributed by atoms with van der Waals surface area (Å²) in [5.74, 6) is 0. The van der Waals surface area contributed by atoms with E-state index in [1.165, 1.54) is 17.7 Å². The number of unbranched alkanes of at least 4 members (excludes halogenated alkanes) is 1. The van der Waals surface area contributed by atoms with Crippen LogP contribution in [-0.4, -0.2) is 29.5 Å². The molecular weight excluding hydrogens is 218 g/mol. The molecule has 4 heteroatoms. The number of likely N-dealkylation sites (N-methyl/N-ethyl adjacent to an activating group) is 1. The largest absolute Gasteiger partial charge is 0.327 e. The zero-order chi connectivity index (χ0) is 12.0. The summed E-state index contributed by atoms with van der Waals surface area (Å²) in [6, 6.07) is 0.304.